The Hall–Kier alpha value is -4.14. The molecule has 0 fully saturated rings. The van der Waals surface area contributed by atoms with Gasteiger partial charge in [0.25, 0.3) is 11.4 Å². The number of nitrogens with zero attached hydrogens (tertiary/aromatic N) is 2. The summed E-state index contributed by atoms with van der Waals surface area (Å²) >= 11 is 0. The number of allylic oxidation sites excluding steroid dienone is 1. The molecule has 1 aromatic heterocycles. The molecule has 9 nitrogen and oxygen atoms in total. The fraction of sp³-hybridized carbons (Fsp3) is 0. The second-order valence-electron chi connectivity index (χ2n) is 5.48. The maximum atomic E-state index is 12.3. The molecule has 0 atom stereocenters. The number of fused-ring (bicyclic) bond motifs is 1. The molecule has 0 saturated carbocycles. The summed E-state index contributed by atoms with van der Waals surface area (Å²) in [4.78, 5) is 44.8. The quantitative estimate of drug-likeness (QED) is 0.222. The lowest BCUT2D eigenvalue weighted by Gasteiger charge is -2.00. The van der Waals surface area contributed by atoms with Gasteiger partial charge >= 0.3 is 5.63 Å². The van der Waals surface area contributed by atoms with Gasteiger partial charge in [0.1, 0.15) is 11.1 Å². The van der Waals surface area contributed by atoms with Crippen LogP contribution in [0.3, 0.4) is 0 Å². The molecule has 3 rings (SSSR count). The van der Waals surface area contributed by atoms with Crippen molar-refractivity contribution in [2.45, 2.75) is 0 Å². The Bertz CT molecular complexity index is 1180. The lowest BCUT2D eigenvalue weighted by Crippen LogP contribution is -2.12. The monoisotopic (exact) mass is 366 g/mol. The molecule has 0 amide bonds. The average molecular weight is 366 g/mol. The lowest BCUT2D eigenvalue weighted by atomic mass is 10.1. The number of hydrogen-bond donors (Lipinski definition) is 0. The highest BCUT2D eigenvalue weighted by Gasteiger charge is 2.14. The van der Waals surface area contributed by atoms with E-state index in [1.165, 1.54) is 48.5 Å². The molecular formula is C18H10N2O7. The van der Waals surface area contributed by atoms with Crippen molar-refractivity contribution in [3.05, 3.63) is 96.4 Å². The second-order valence-corrected chi connectivity index (χ2v) is 5.48. The average Bonchev–Trinajstić information content (AvgIpc) is 2.65. The van der Waals surface area contributed by atoms with E-state index in [2.05, 4.69) is 0 Å². The minimum absolute atomic E-state index is 0.116. The minimum Gasteiger partial charge on any atom is -0.422 e. The molecule has 0 aliphatic heterocycles. The second kappa shape index (κ2) is 7.00. The van der Waals surface area contributed by atoms with Crippen LogP contribution in [0.5, 0.6) is 0 Å². The number of carbonyl (C=O) groups excluding carboxylic acids is 1. The van der Waals surface area contributed by atoms with Crippen LogP contribution in [0.15, 0.2) is 63.8 Å². The van der Waals surface area contributed by atoms with E-state index in [4.69, 9.17) is 4.42 Å². The smallest absolute Gasteiger partial charge is 0.347 e. The number of nitro groups is 2. The van der Waals surface area contributed by atoms with Crippen LogP contribution in [-0.4, -0.2) is 15.6 Å². The van der Waals surface area contributed by atoms with E-state index in [9.17, 15) is 29.8 Å². The SMILES string of the molecule is O=C(C=Cc1cccc([N+](=O)[O-])c1)c1cc2cc([N+](=O)[O-])ccc2oc1=O. The number of hydrogen-bond acceptors (Lipinski definition) is 7. The summed E-state index contributed by atoms with van der Waals surface area (Å²) in [6.45, 7) is 0. The minimum atomic E-state index is -0.884. The van der Waals surface area contributed by atoms with E-state index >= 15 is 0 Å². The molecular weight excluding hydrogens is 356 g/mol. The van der Waals surface area contributed by atoms with E-state index in [1.807, 2.05) is 0 Å². The maximum Gasteiger partial charge on any atom is 0.347 e. The van der Waals surface area contributed by atoms with Crippen LogP contribution in [0.4, 0.5) is 11.4 Å². The van der Waals surface area contributed by atoms with Gasteiger partial charge in [-0.05, 0) is 23.8 Å². The van der Waals surface area contributed by atoms with E-state index in [0.717, 1.165) is 6.08 Å². The molecule has 0 spiro atoms. The normalized spacial score (nSPS) is 11.0. The molecule has 0 radical (unpaired) electrons. The zero-order valence-corrected chi connectivity index (χ0v) is 13.5. The molecule has 0 aliphatic carbocycles. The van der Waals surface area contributed by atoms with Crippen molar-refractivity contribution < 1.29 is 19.1 Å². The lowest BCUT2D eigenvalue weighted by molar-refractivity contribution is -0.385. The van der Waals surface area contributed by atoms with Crippen molar-refractivity contribution >= 4 is 34.2 Å². The van der Waals surface area contributed by atoms with Gasteiger partial charge in [-0.1, -0.05) is 18.2 Å². The van der Waals surface area contributed by atoms with Gasteiger partial charge in [0.05, 0.1) is 9.85 Å². The van der Waals surface area contributed by atoms with Gasteiger partial charge in [-0.25, -0.2) is 4.79 Å². The van der Waals surface area contributed by atoms with Crippen LogP contribution in [0.1, 0.15) is 15.9 Å². The first kappa shape index (κ1) is 17.7. The number of ketones is 1. The van der Waals surface area contributed by atoms with Gasteiger partial charge in [-0.15, -0.1) is 0 Å². The molecule has 0 saturated heterocycles. The first-order valence-electron chi connectivity index (χ1n) is 7.54. The molecule has 3 aromatic rings. The third-order valence-electron chi connectivity index (χ3n) is 3.70. The molecule has 9 heteroatoms. The Labute approximate surface area is 150 Å². The highest BCUT2D eigenvalue weighted by molar-refractivity contribution is 6.07. The molecule has 134 valence electrons. The summed E-state index contributed by atoms with van der Waals surface area (Å²) in [6.07, 6.45) is 2.40. The predicted octanol–water partition coefficient (Wildman–Crippen LogP) is 3.51. The van der Waals surface area contributed by atoms with Gasteiger partial charge in [-0.3, -0.25) is 25.0 Å². The number of benzene rings is 2. The molecule has 0 unspecified atom stereocenters. The third-order valence-corrected chi connectivity index (χ3v) is 3.70. The third kappa shape index (κ3) is 3.76. The zero-order chi connectivity index (χ0) is 19.6. The largest absolute Gasteiger partial charge is 0.422 e. The van der Waals surface area contributed by atoms with E-state index < -0.39 is 21.3 Å². The van der Waals surface area contributed by atoms with Crippen LogP contribution in [0, 0.1) is 20.2 Å². The standard InChI is InChI=1S/C18H10N2O7/c21-16(6-4-11-2-1-3-13(8-11)19(23)24)15-10-12-9-14(20(25)26)5-7-17(12)27-18(15)22/h1-10H. The molecule has 0 aliphatic rings. The van der Waals surface area contributed by atoms with E-state index in [0.29, 0.717) is 5.56 Å². The van der Waals surface area contributed by atoms with E-state index in [1.54, 1.807) is 6.07 Å². The summed E-state index contributed by atoms with van der Waals surface area (Å²) in [5.41, 5.74) is -1.01. The predicted molar refractivity (Wildman–Crippen MR) is 95.6 cm³/mol. The van der Waals surface area contributed by atoms with Crippen molar-refractivity contribution in [3.8, 4) is 0 Å². The fourth-order valence-electron chi connectivity index (χ4n) is 2.40. The first-order chi connectivity index (χ1) is 12.8. The maximum absolute atomic E-state index is 12.3. The van der Waals surface area contributed by atoms with Crippen molar-refractivity contribution in [3.63, 3.8) is 0 Å². The Kier molecular flexibility index (Phi) is 4.58. The number of non-ortho nitro benzene ring substituents is 2. The first-order valence-corrected chi connectivity index (χ1v) is 7.54. The van der Waals surface area contributed by atoms with Gasteiger partial charge in [-0.2, -0.15) is 0 Å². The fourth-order valence-corrected chi connectivity index (χ4v) is 2.40. The molecule has 0 bridgehead atoms. The number of carbonyl (C=O) groups is 1. The molecule has 2 aromatic carbocycles. The van der Waals surface area contributed by atoms with Crippen LogP contribution in [0.2, 0.25) is 0 Å². The highest BCUT2D eigenvalue weighted by Crippen LogP contribution is 2.21. The van der Waals surface area contributed by atoms with Crippen LogP contribution >= 0.6 is 0 Å². The molecule has 0 N–H and O–H groups in total. The number of nitro benzene ring substituents is 2. The van der Waals surface area contributed by atoms with Gasteiger partial charge in [0.15, 0.2) is 5.78 Å². The summed E-state index contributed by atoms with van der Waals surface area (Å²) in [6, 6.07) is 10.5. The topological polar surface area (TPSA) is 134 Å². The van der Waals surface area contributed by atoms with Crippen LogP contribution < -0.4 is 5.63 Å². The van der Waals surface area contributed by atoms with Crippen molar-refractivity contribution in [2.75, 3.05) is 0 Å². The summed E-state index contributed by atoms with van der Waals surface area (Å²) in [7, 11) is 0. The van der Waals surface area contributed by atoms with Gasteiger partial charge in [0.2, 0.25) is 0 Å². The van der Waals surface area contributed by atoms with Crippen molar-refractivity contribution in [1.82, 2.24) is 0 Å². The number of rotatable bonds is 5. The summed E-state index contributed by atoms with van der Waals surface area (Å²) in [5, 5.41) is 21.9. The van der Waals surface area contributed by atoms with Crippen molar-refractivity contribution in [1.29, 1.82) is 0 Å². The Morgan fingerprint density at radius 2 is 1.67 bits per heavy atom. The Morgan fingerprint density at radius 1 is 0.963 bits per heavy atom. The summed E-state index contributed by atoms with van der Waals surface area (Å²) < 4.78 is 5.03. The van der Waals surface area contributed by atoms with E-state index in [-0.39, 0.29) is 27.9 Å². The molecule has 27 heavy (non-hydrogen) atoms. The van der Waals surface area contributed by atoms with Crippen LogP contribution in [-0.2, 0) is 0 Å². The highest BCUT2D eigenvalue weighted by atomic mass is 16.6. The Morgan fingerprint density at radius 3 is 2.37 bits per heavy atom. The van der Waals surface area contributed by atoms with Gasteiger partial charge in [0, 0.05) is 29.7 Å². The zero-order valence-electron chi connectivity index (χ0n) is 13.5. The van der Waals surface area contributed by atoms with Crippen LogP contribution in [0.25, 0.3) is 17.0 Å². The molecule has 1 heterocycles. The van der Waals surface area contributed by atoms with Gasteiger partial charge < -0.3 is 4.42 Å². The Balaban J connectivity index is 1.96. The summed E-state index contributed by atoms with van der Waals surface area (Å²) in [5.74, 6) is -0.691. The van der Waals surface area contributed by atoms with Crippen molar-refractivity contribution in [2.24, 2.45) is 0 Å².